The molecule has 0 bridgehead atoms. The Kier molecular flexibility index (Phi) is 4.89. The van der Waals surface area contributed by atoms with E-state index in [1.165, 1.54) is 11.3 Å². The van der Waals surface area contributed by atoms with Crippen LogP contribution in [0.15, 0.2) is 17.5 Å². The molecule has 2 amide bonds. The number of aliphatic hydroxyl groups excluding tert-OH is 1. The standard InChI is InChI=1S/C12H16N2O4S/c15-8-9-7-14(3-4-18-9)11(16)6-13-12(17)10-2-1-5-19-10/h1-2,5,9,15H,3-4,6-8H2,(H,13,17). The summed E-state index contributed by atoms with van der Waals surface area (Å²) in [7, 11) is 0. The van der Waals surface area contributed by atoms with E-state index in [4.69, 9.17) is 9.84 Å². The summed E-state index contributed by atoms with van der Waals surface area (Å²) in [6, 6.07) is 3.50. The van der Waals surface area contributed by atoms with Gasteiger partial charge in [0, 0.05) is 13.1 Å². The molecule has 0 saturated carbocycles. The molecular formula is C12H16N2O4S. The zero-order valence-corrected chi connectivity index (χ0v) is 11.2. The maximum absolute atomic E-state index is 11.9. The SMILES string of the molecule is O=C(NCC(=O)N1CCOC(CO)C1)c1cccs1. The molecule has 7 heteroatoms. The molecule has 1 aromatic rings. The maximum Gasteiger partial charge on any atom is 0.261 e. The predicted molar refractivity (Wildman–Crippen MR) is 70.1 cm³/mol. The summed E-state index contributed by atoms with van der Waals surface area (Å²) >= 11 is 1.33. The molecule has 1 aliphatic heterocycles. The Morgan fingerprint density at radius 2 is 2.42 bits per heavy atom. The van der Waals surface area contributed by atoms with Crippen LogP contribution >= 0.6 is 11.3 Å². The molecule has 19 heavy (non-hydrogen) atoms. The lowest BCUT2D eigenvalue weighted by atomic mass is 10.3. The Hall–Kier alpha value is -1.44. The van der Waals surface area contributed by atoms with Crippen molar-refractivity contribution in [3.8, 4) is 0 Å². The van der Waals surface area contributed by atoms with Gasteiger partial charge in [-0.1, -0.05) is 6.07 Å². The smallest absolute Gasteiger partial charge is 0.261 e. The molecule has 0 aromatic carbocycles. The maximum atomic E-state index is 11.9. The molecule has 1 saturated heterocycles. The highest BCUT2D eigenvalue weighted by Gasteiger charge is 2.23. The van der Waals surface area contributed by atoms with Crippen LogP contribution in [0.25, 0.3) is 0 Å². The first-order chi connectivity index (χ1) is 9.20. The van der Waals surface area contributed by atoms with Gasteiger partial charge in [-0.05, 0) is 11.4 Å². The van der Waals surface area contributed by atoms with Crippen LogP contribution in [0, 0.1) is 0 Å². The number of morpholine rings is 1. The van der Waals surface area contributed by atoms with Gasteiger partial charge in [0.05, 0.1) is 30.7 Å². The Labute approximate surface area is 115 Å². The van der Waals surface area contributed by atoms with Crippen LogP contribution in [0.2, 0.25) is 0 Å². The Balaban J connectivity index is 1.79. The third kappa shape index (κ3) is 3.76. The number of carbonyl (C=O) groups excluding carboxylic acids is 2. The molecule has 1 atom stereocenters. The highest BCUT2D eigenvalue weighted by atomic mass is 32.1. The summed E-state index contributed by atoms with van der Waals surface area (Å²) < 4.78 is 5.26. The third-order valence-corrected chi connectivity index (χ3v) is 3.71. The lowest BCUT2D eigenvalue weighted by molar-refractivity contribution is -0.139. The van der Waals surface area contributed by atoms with Gasteiger partial charge >= 0.3 is 0 Å². The molecule has 1 aliphatic rings. The molecule has 104 valence electrons. The Bertz CT molecular complexity index is 435. The average Bonchev–Trinajstić information content (AvgIpc) is 2.98. The van der Waals surface area contributed by atoms with E-state index in [0.717, 1.165) is 0 Å². The zero-order chi connectivity index (χ0) is 13.7. The van der Waals surface area contributed by atoms with Crippen LogP contribution in [0.1, 0.15) is 9.67 Å². The van der Waals surface area contributed by atoms with Crippen LogP contribution < -0.4 is 5.32 Å². The second-order valence-electron chi connectivity index (χ2n) is 4.18. The number of ether oxygens (including phenoxy) is 1. The van der Waals surface area contributed by atoms with Gasteiger partial charge in [-0.25, -0.2) is 0 Å². The largest absolute Gasteiger partial charge is 0.394 e. The first-order valence-corrected chi connectivity index (χ1v) is 6.90. The molecule has 2 N–H and O–H groups in total. The number of thiophene rings is 1. The van der Waals surface area contributed by atoms with Crippen LogP contribution in [0.4, 0.5) is 0 Å². The number of carbonyl (C=O) groups is 2. The summed E-state index contributed by atoms with van der Waals surface area (Å²) in [6.45, 7) is 1.13. The van der Waals surface area contributed by atoms with Crippen molar-refractivity contribution in [2.24, 2.45) is 0 Å². The van der Waals surface area contributed by atoms with Crippen LogP contribution in [-0.4, -0.2) is 60.8 Å². The molecule has 1 aromatic heterocycles. The molecular weight excluding hydrogens is 268 g/mol. The van der Waals surface area contributed by atoms with Crippen LogP contribution in [-0.2, 0) is 9.53 Å². The Morgan fingerprint density at radius 3 is 3.11 bits per heavy atom. The molecule has 0 radical (unpaired) electrons. The second kappa shape index (κ2) is 6.65. The average molecular weight is 284 g/mol. The van der Waals surface area contributed by atoms with Crippen molar-refractivity contribution in [3.63, 3.8) is 0 Å². The van der Waals surface area contributed by atoms with Gasteiger partial charge in [0.25, 0.3) is 5.91 Å². The van der Waals surface area contributed by atoms with Gasteiger partial charge in [-0.3, -0.25) is 9.59 Å². The van der Waals surface area contributed by atoms with Gasteiger partial charge in [0.1, 0.15) is 0 Å². The molecule has 0 aliphatic carbocycles. The van der Waals surface area contributed by atoms with Crippen molar-refractivity contribution in [2.75, 3.05) is 32.8 Å². The zero-order valence-electron chi connectivity index (χ0n) is 10.4. The fourth-order valence-electron chi connectivity index (χ4n) is 1.82. The number of hydrogen-bond donors (Lipinski definition) is 2. The highest BCUT2D eigenvalue weighted by Crippen LogP contribution is 2.08. The molecule has 2 rings (SSSR count). The number of rotatable bonds is 4. The van der Waals surface area contributed by atoms with Crippen molar-refractivity contribution in [1.29, 1.82) is 0 Å². The minimum Gasteiger partial charge on any atom is -0.394 e. The van der Waals surface area contributed by atoms with E-state index in [1.807, 2.05) is 5.38 Å². The van der Waals surface area contributed by atoms with E-state index < -0.39 is 0 Å². The number of nitrogens with zero attached hydrogens (tertiary/aromatic N) is 1. The molecule has 1 fully saturated rings. The summed E-state index contributed by atoms with van der Waals surface area (Å²) in [5, 5.41) is 13.4. The summed E-state index contributed by atoms with van der Waals surface area (Å²) in [4.78, 5) is 25.8. The highest BCUT2D eigenvalue weighted by molar-refractivity contribution is 7.12. The van der Waals surface area contributed by atoms with Crippen molar-refractivity contribution in [1.82, 2.24) is 10.2 Å². The fourth-order valence-corrected chi connectivity index (χ4v) is 2.46. The minimum atomic E-state index is -0.328. The van der Waals surface area contributed by atoms with E-state index in [9.17, 15) is 9.59 Å². The van der Waals surface area contributed by atoms with Crippen molar-refractivity contribution >= 4 is 23.2 Å². The van der Waals surface area contributed by atoms with Crippen molar-refractivity contribution in [3.05, 3.63) is 22.4 Å². The molecule has 2 heterocycles. The number of nitrogens with one attached hydrogen (secondary N) is 1. The van der Waals surface area contributed by atoms with E-state index in [0.29, 0.717) is 24.6 Å². The minimum absolute atomic E-state index is 0.0329. The number of hydrogen-bond acceptors (Lipinski definition) is 5. The lowest BCUT2D eigenvalue weighted by Crippen LogP contribution is -2.49. The predicted octanol–water partition coefficient (Wildman–Crippen LogP) is -0.302. The topological polar surface area (TPSA) is 78.9 Å². The summed E-state index contributed by atoms with van der Waals surface area (Å²) in [6.07, 6.45) is -0.328. The van der Waals surface area contributed by atoms with Gasteiger partial charge < -0.3 is 20.1 Å². The molecule has 0 spiro atoms. The van der Waals surface area contributed by atoms with Crippen LogP contribution in [0.5, 0.6) is 0 Å². The van der Waals surface area contributed by atoms with Crippen molar-refractivity contribution in [2.45, 2.75) is 6.10 Å². The van der Waals surface area contributed by atoms with Gasteiger partial charge in [-0.15, -0.1) is 11.3 Å². The van der Waals surface area contributed by atoms with E-state index in [1.54, 1.807) is 17.0 Å². The number of amides is 2. The monoisotopic (exact) mass is 284 g/mol. The normalized spacial score (nSPS) is 19.2. The van der Waals surface area contributed by atoms with E-state index >= 15 is 0 Å². The summed E-state index contributed by atoms with van der Waals surface area (Å²) in [5.41, 5.74) is 0. The Morgan fingerprint density at radius 1 is 1.58 bits per heavy atom. The first-order valence-electron chi connectivity index (χ1n) is 6.02. The first kappa shape index (κ1) is 14.0. The third-order valence-electron chi connectivity index (χ3n) is 2.84. The van der Waals surface area contributed by atoms with Gasteiger partial charge in [0.2, 0.25) is 5.91 Å². The quantitative estimate of drug-likeness (QED) is 0.795. The van der Waals surface area contributed by atoms with Gasteiger partial charge in [0.15, 0.2) is 0 Å². The lowest BCUT2D eigenvalue weighted by Gasteiger charge is -2.32. The second-order valence-corrected chi connectivity index (χ2v) is 5.12. The molecule has 6 nitrogen and oxygen atoms in total. The van der Waals surface area contributed by atoms with E-state index in [-0.39, 0.29) is 31.1 Å². The van der Waals surface area contributed by atoms with Crippen molar-refractivity contribution < 1.29 is 19.4 Å². The fraction of sp³-hybridized carbons (Fsp3) is 0.500. The van der Waals surface area contributed by atoms with Crippen LogP contribution in [0.3, 0.4) is 0 Å². The molecule has 1 unspecified atom stereocenters. The van der Waals surface area contributed by atoms with E-state index in [2.05, 4.69) is 5.32 Å². The number of aliphatic hydroxyl groups is 1. The van der Waals surface area contributed by atoms with Gasteiger partial charge in [-0.2, -0.15) is 0 Å². The summed E-state index contributed by atoms with van der Waals surface area (Å²) in [5.74, 6) is -0.401.